The molecule has 0 spiro atoms. The molecule has 0 aliphatic rings. The van der Waals surface area contributed by atoms with Crippen LogP contribution >= 0.6 is 27.3 Å². The quantitative estimate of drug-likeness (QED) is 0.865. The Morgan fingerprint density at radius 2 is 2.12 bits per heavy atom. The Balaban J connectivity index is 2.93. The van der Waals surface area contributed by atoms with Crippen molar-refractivity contribution in [2.45, 2.75) is 24.1 Å². The van der Waals surface area contributed by atoms with Crippen molar-refractivity contribution in [2.24, 2.45) is 0 Å². The average Bonchev–Trinajstić information content (AvgIpc) is 2.58. The van der Waals surface area contributed by atoms with E-state index in [1.807, 2.05) is 6.92 Å². The lowest BCUT2D eigenvalue weighted by Crippen LogP contribution is -2.43. The third-order valence-electron chi connectivity index (χ3n) is 2.07. The van der Waals surface area contributed by atoms with Gasteiger partial charge in [0.05, 0.1) is 9.83 Å². The van der Waals surface area contributed by atoms with E-state index in [4.69, 9.17) is 0 Å². The van der Waals surface area contributed by atoms with E-state index in [1.54, 1.807) is 6.07 Å². The highest BCUT2D eigenvalue weighted by atomic mass is 79.9. The highest BCUT2D eigenvalue weighted by Gasteiger charge is 2.23. The summed E-state index contributed by atoms with van der Waals surface area (Å²) in [7, 11) is -2.18. The lowest BCUT2D eigenvalue weighted by atomic mass is 10.3. The van der Waals surface area contributed by atoms with E-state index in [-0.39, 0.29) is 10.1 Å². The van der Waals surface area contributed by atoms with Gasteiger partial charge >= 0.3 is 0 Å². The summed E-state index contributed by atoms with van der Waals surface area (Å²) in [5.74, 6) is -0.374. The standard InChI is InChI=1S/C9H13BrN2O3S2/c1-5-4-7(16-8(5)10)17(14,15)12-6(2)9(13)11-3/h4,6,12H,1-3H3,(H,11,13). The molecule has 0 radical (unpaired) electrons. The molecule has 0 aromatic carbocycles. The molecule has 96 valence electrons. The molecular formula is C9H13BrN2O3S2. The highest BCUT2D eigenvalue weighted by Crippen LogP contribution is 2.30. The summed E-state index contributed by atoms with van der Waals surface area (Å²) < 4.78 is 27.1. The minimum atomic E-state index is -3.64. The van der Waals surface area contributed by atoms with Crippen LogP contribution in [0.5, 0.6) is 0 Å². The summed E-state index contributed by atoms with van der Waals surface area (Å²) in [4.78, 5) is 11.2. The summed E-state index contributed by atoms with van der Waals surface area (Å²) in [5, 5.41) is 2.38. The van der Waals surface area contributed by atoms with Crippen molar-refractivity contribution in [1.82, 2.24) is 10.0 Å². The van der Waals surface area contributed by atoms with Crippen LogP contribution in [0.2, 0.25) is 0 Å². The Kier molecular flexibility index (Phi) is 4.70. The van der Waals surface area contributed by atoms with E-state index >= 15 is 0 Å². The van der Waals surface area contributed by atoms with Gasteiger partial charge in [-0.3, -0.25) is 4.79 Å². The van der Waals surface area contributed by atoms with Crippen LogP contribution in [0.1, 0.15) is 12.5 Å². The molecule has 0 fully saturated rings. The number of halogens is 1. The predicted molar refractivity (Wildman–Crippen MR) is 70.6 cm³/mol. The number of likely N-dealkylation sites (N-methyl/N-ethyl adjacent to an activating group) is 1. The van der Waals surface area contributed by atoms with Crippen molar-refractivity contribution in [3.63, 3.8) is 0 Å². The van der Waals surface area contributed by atoms with E-state index in [0.29, 0.717) is 0 Å². The molecule has 0 saturated heterocycles. The number of thiophene rings is 1. The second-order valence-corrected chi connectivity index (χ2v) is 7.79. The first-order chi connectivity index (χ1) is 7.77. The maximum Gasteiger partial charge on any atom is 0.250 e. The molecule has 1 unspecified atom stereocenters. The molecule has 0 aliphatic heterocycles. The summed E-state index contributed by atoms with van der Waals surface area (Å²) in [5.41, 5.74) is 0.850. The smallest absolute Gasteiger partial charge is 0.250 e. The van der Waals surface area contributed by atoms with E-state index in [0.717, 1.165) is 20.7 Å². The molecule has 1 aromatic rings. The number of hydrogen-bond acceptors (Lipinski definition) is 4. The number of carbonyl (C=O) groups is 1. The van der Waals surface area contributed by atoms with Crippen LogP contribution < -0.4 is 10.0 Å². The topological polar surface area (TPSA) is 75.3 Å². The molecule has 1 rings (SSSR count). The fourth-order valence-electron chi connectivity index (χ4n) is 1.13. The molecule has 0 bridgehead atoms. The third kappa shape index (κ3) is 3.51. The van der Waals surface area contributed by atoms with Crippen LogP contribution in [0.25, 0.3) is 0 Å². The van der Waals surface area contributed by atoms with E-state index in [1.165, 1.54) is 14.0 Å². The SMILES string of the molecule is CNC(=O)C(C)NS(=O)(=O)c1cc(C)c(Br)s1. The van der Waals surface area contributed by atoms with Gasteiger partial charge in [-0.15, -0.1) is 11.3 Å². The van der Waals surface area contributed by atoms with Gasteiger partial charge in [0.1, 0.15) is 4.21 Å². The molecule has 2 N–H and O–H groups in total. The van der Waals surface area contributed by atoms with Crippen LogP contribution in [0.4, 0.5) is 0 Å². The molecule has 5 nitrogen and oxygen atoms in total. The maximum absolute atomic E-state index is 11.9. The van der Waals surface area contributed by atoms with Crippen molar-refractivity contribution >= 4 is 43.2 Å². The first kappa shape index (κ1) is 14.6. The largest absolute Gasteiger partial charge is 0.358 e. The fraction of sp³-hybridized carbons (Fsp3) is 0.444. The molecule has 1 aromatic heterocycles. The van der Waals surface area contributed by atoms with Gasteiger partial charge < -0.3 is 5.32 Å². The number of aryl methyl sites for hydroxylation is 1. The van der Waals surface area contributed by atoms with Gasteiger partial charge in [0.25, 0.3) is 10.0 Å². The molecule has 0 saturated carbocycles. The number of nitrogens with one attached hydrogen (secondary N) is 2. The number of amides is 1. The third-order valence-corrected chi connectivity index (χ3v) is 6.22. The lowest BCUT2D eigenvalue weighted by molar-refractivity contribution is -0.121. The zero-order valence-corrected chi connectivity index (χ0v) is 12.8. The van der Waals surface area contributed by atoms with Crippen molar-refractivity contribution in [3.8, 4) is 0 Å². The highest BCUT2D eigenvalue weighted by molar-refractivity contribution is 9.11. The summed E-state index contributed by atoms with van der Waals surface area (Å²) in [6, 6.07) is 0.763. The van der Waals surface area contributed by atoms with Gasteiger partial charge in [-0.1, -0.05) is 0 Å². The molecule has 8 heteroatoms. The number of sulfonamides is 1. The van der Waals surface area contributed by atoms with Gasteiger partial charge in [0.2, 0.25) is 5.91 Å². The second kappa shape index (κ2) is 5.47. The van der Waals surface area contributed by atoms with Gasteiger partial charge in [-0.25, -0.2) is 8.42 Å². The van der Waals surface area contributed by atoms with Gasteiger partial charge in [-0.05, 0) is 41.4 Å². The number of hydrogen-bond donors (Lipinski definition) is 2. The molecule has 1 amide bonds. The molecule has 1 atom stereocenters. The van der Waals surface area contributed by atoms with Crippen LogP contribution in [0, 0.1) is 6.92 Å². The van der Waals surface area contributed by atoms with Crippen molar-refractivity contribution in [2.75, 3.05) is 7.05 Å². The van der Waals surface area contributed by atoms with Crippen LogP contribution in [0.15, 0.2) is 14.1 Å². The average molecular weight is 341 g/mol. The Bertz CT molecular complexity index is 505. The molecule has 1 heterocycles. The Hall–Kier alpha value is -0.440. The predicted octanol–water partition coefficient (Wildman–Crippen LogP) is 1.23. The zero-order valence-electron chi connectivity index (χ0n) is 9.57. The van der Waals surface area contributed by atoms with Crippen molar-refractivity contribution < 1.29 is 13.2 Å². The zero-order chi connectivity index (χ0) is 13.2. The van der Waals surface area contributed by atoms with E-state index in [9.17, 15) is 13.2 Å². The van der Waals surface area contributed by atoms with Crippen LogP contribution in [0.3, 0.4) is 0 Å². The van der Waals surface area contributed by atoms with Gasteiger partial charge in [-0.2, -0.15) is 4.72 Å². The van der Waals surface area contributed by atoms with E-state index in [2.05, 4.69) is 26.0 Å². The minimum absolute atomic E-state index is 0.192. The summed E-state index contributed by atoms with van der Waals surface area (Å²) >= 11 is 4.38. The number of rotatable bonds is 4. The Morgan fingerprint density at radius 3 is 2.53 bits per heavy atom. The van der Waals surface area contributed by atoms with Crippen molar-refractivity contribution in [3.05, 3.63) is 15.4 Å². The summed E-state index contributed by atoms with van der Waals surface area (Å²) in [6.07, 6.45) is 0. The molecule has 17 heavy (non-hydrogen) atoms. The van der Waals surface area contributed by atoms with E-state index < -0.39 is 16.1 Å². The normalized spacial score (nSPS) is 13.4. The second-order valence-electron chi connectivity index (χ2n) is 3.48. The van der Waals surface area contributed by atoms with Gasteiger partial charge in [0.15, 0.2) is 0 Å². The van der Waals surface area contributed by atoms with Crippen LogP contribution in [-0.2, 0) is 14.8 Å². The lowest BCUT2D eigenvalue weighted by Gasteiger charge is -2.11. The number of carbonyl (C=O) groups excluding carboxylic acids is 1. The fourth-order valence-corrected chi connectivity index (χ4v) is 4.57. The first-order valence-corrected chi connectivity index (χ1v) is 7.87. The van der Waals surface area contributed by atoms with Crippen molar-refractivity contribution in [1.29, 1.82) is 0 Å². The van der Waals surface area contributed by atoms with Gasteiger partial charge in [0, 0.05) is 7.05 Å². The minimum Gasteiger partial charge on any atom is -0.358 e. The monoisotopic (exact) mass is 340 g/mol. The van der Waals surface area contributed by atoms with Crippen LogP contribution in [-0.4, -0.2) is 27.4 Å². The molecule has 0 aliphatic carbocycles. The Labute approximate surface area is 113 Å². The summed E-state index contributed by atoms with van der Waals surface area (Å²) in [6.45, 7) is 3.30. The Morgan fingerprint density at radius 1 is 1.53 bits per heavy atom. The maximum atomic E-state index is 11.9. The first-order valence-electron chi connectivity index (χ1n) is 4.77. The molecular weight excluding hydrogens is 328 g/mol.